The van der Waals surface area contributed by atoms with Crippen molar-refractivity contribution in [3.8, 4) is 0 Å². The van der Waals surface area contributed by atoms with E-state index in [0.29, 0.717) is 6.54 Å². The Kier molecular flexibility index (Phi) is 2.37. The van der Waals surface area contributed by atoms with Crippen molar-refractivity contribution in [3.05, 3.63) is 18.1 Å². The zero-order valence-corrected chi connectivity index (χ0v) is 8.45. The second kappa shape index (κ2) is 3.53. The average molecular weight is 192 g/mol. The molecule has 0 atom stereocenters. The van der Waals surface area contributed by atoms with Crippen molar-refractivity contribution < 1.29 is 0 Å². The normalized spacial score (nSPS) is 18.7. The molecule has 0 saturated heterocycles. The van der Waals surface area contributed by atoms with Crippen molar-refractivity contribution in [1.82, 2.24) is 9.97 Å². The van der Waals surface area contributed by atoms with Crippen molar-refractivity contribution in [3.63, 3.8) is 0 Å². The monoisotopic (exact) mass is 192 g/mol. The third-order valence-corrected chi connectivity index (χ3v) is 2.90. The van der Waals surface area contributed by atoms with Gasteiger partial charge in [0.1, 0.15) is 12.1 Å². The Hall–Kier alpha value is -1.16. The predicted octanol–water partition coefficient (Wildman–Crippen LogP) is 1.08. The fourth-order valence-corrected chi connectivity index (χ4v) is 1.78. The van der Waals surface area contributed by atoms with Crippen LogP contribution in [-0.4, -0.2) is 22.1 Å². The van der Waals surface area contributed by atoms with E-state index in [1.54, 1.807) is 6.33 Å². The Labute approximate surface area is 83.9 Å². The number of nitrogens with zero attached hydrogens (tertiary/aromatic N) is 2. The Morgan fingerprint density at radius 1 is 1.50 bits per heavy atom. The van der Waals surface area contributed by atoms with Gasteiger partial charge in [-0.15, -0.1) is 0 Å². The van der Waals surface area contributed by atoms with Gasteiger partial charge in [0, 0.05) is 18.3 Å². The molecule has 0 aliphatic heterocycles. The van der Waals surface area contributed by atoms with E-state index in [2.05, 4.69) is 15.3 Å². The standard InChI is InChI=1S/C10H16N4/c1-8-5-9(13-7-12-8)14-10(6-11)3-2-4-10/h5,7H,2-4,6,11H2,1H3,(H,12,13,14). The quantitative estimate of drug-likeness (QED) is 0.752. The maximum absolute atomic E-state index is 5.75. The van der Waals surface area contributed by atoms with Gasteiger partial charge >= 0.3 is 0 Å². The molecule has 1 aliphatic carbocycles. The molecule has 0 aromatic carbocycles. The third kappa shape index (κ3) is 1.70. The lowest BCUT2D eigenvalue weighted by Crippen LogP contribution is -2.51. The van der Waals surface area contributed by atoms with Gasteiger partial charge in [-0.05, 0) is 26.2 Å². The molecule has 4 nitrogen and oxygen atoms in total. The van der Waals surface area contributed by atoms with Crippen LogP contribution < -0.4 is 11.1 Å². The molecule has 4 heteroatoms. The summed E-state index contributed by atoms with van der Waals surface area (Å²) in [6, 6.07) is 1.95. The number of rotatable bonds is 3. The summed E-state index contributed by atoms with van der Waals surface area (Å²) < 4.78 is 0. The molecule has 0 amide bonds. The van der Waals surface area contributed by atoms with E-state index in [0.717, 1.165) is 24.4 Å². The van der Waals surface area contributed by atoms with E-state index in [4.69, 9.17) is 5.73 Å². The lowest BCUT2D eigenvalue weighted by molar-refractivity contribution is 0.286. The van der Waals surface area contributed by atoms with Crippen molar-refractivity contribution in [1.29, 1.82) is 0 Å². The number of aromatic nitrogens is 2. The van der Waals surface area contributed by atoms with Gasteiger partial charge < -0.3 is 11.1 Å². The minimum Gasteiger partial charge on any atom is -0.363 e. The molecular formula is C10H16N4. The number of nitrogens with two attached hydrogens (primary N) is 1. The van der Waals surface area contributed by atoms with E-state index in [1.807, 2.05) is 13.0 Å². The molecule has 2 rings (SSSR count). The first-order valence-electron chi connectivity index (χ1n) is 5.01. The van der Waals surface area contributed by atoms with Crippen LogP contribution >= 0.6 is 0 Å². The van der Waals surface area contributed by atoms with Gasteiger partial charge in [0.15, 0.2) is 0 Å². The van der Waals surface area contributed by atoms with Gasteiger partial charge in [0.2, 0.25) is 0 Å². The van der Waals surface area contributed by atoms with Crippen LogP contribution in [-0.2, 0) is 0 Å². The van der Waals surface area contributed by atoms with E-state index < -0.39 is 0 Å². The summed E-state index contributed by atoms with van der Waals surface area (Å²) in [7, 11) is 0. The maximum Gasteiger partial charge on any atom is 0.130 e. The Morgan fingerprint density at radius 3 is 2.79 bits per heavy atom. The average Bonchev–Trinajstić information content (AvgIpc) is 2.11. The molecule has 1 heterocycles. The molecule has 76 valence electrons. The fraction of sp³-hybridized carbons (Fsp3) is 0.600. The maximum atomic E-state index is 5.75. The van der Waals surface area contributed by atoms with Gasteiger partial charge in [0.05, 0.1) is 5.54 Å². The van der Waals surface area contributed by atoms with Crippen LogP contribution in [0.2, 0.25) is 0 Å². The van der Waals surface area contributed by atoms with Crippen molar-refractivity contribution >= 4 is 5.82 Å². The zero-order valence-electron chi connectivity index (χ0n) is 8.45. The highest BCUT2D eigenvalue weighted by atomic mass is 15.1. The van der Waals surface area contributed by atoms with E-state index in [-0.39, 0.29) is 5.54 Å². The molecule has 1 fully saturated rings. The molecule has 0 spiro atoms. The van der Waals surface area contributed by atoms with Crippen LogP contribution in [0.25, 0.3) is 0 Å². The number of nitrogens with one attached hydrogen (secondary N) is 1. The van der Waals surface area contributed by atoms with Crippen LogP contribution in [0.3, 0.4) is 0 Å². The van der Waals surface area contributed by atoms with Crippen LogP contribution in [0.4, 0.5) is 5.82 Å². The Bertz CT molecular complexity index is 314. The van der Waals surface area contributed by atoms with Crippen molar-refractivity contribution in [2.75, 3.05) is 11.9 Å². The lowest BCUT2D eigenvalue weighted by atomic mass is 9.77. The van der Waals surface area contributed by atoms with Crippen molar-refractivity contribution in [2.24, 2.45) is 5.73 Å². The van der Waals surface area contributed by atoms with Crippen LogP contribution in [0.15, 0.2) is 12.4 Å². The molecule has 1 aromatic rings. The first-order valence-corrected chi connectivity index (χ1v) is 5.01. The second-order valence-electron chi connectivity index (χ2n) is 4.01. The largest absolute Gasteiger partial charge is 0.363 e. The molecule has 0 unspecified atom stereocenters. The topological polar surface area (TPSA) is 63.8 Å². The Balaban J connectivity index is 2.09. The third-order valence-electron chi connectivity index (χ3n) is 2.90. The number of anilines is 1. The molecule has 14 heavy (non-hydrogen) atoms. The molecule has 1 saturated carbocycles. The van der Waals surface area contributed by atoms with Gasteiger partial charge in [-0.25, -0.2) is 9.97 Å². The first-order chi connectivity index (χ1) is 6.74. The van der Waals surface area contributed by atoms with Gasteiger partial charge in [-0.1, -0.05) is 0 Å². The highest BCUT2D eigenvalue weighted by Crippen LogP contribution is 2.33. The summed E-state index contributed by atoms with van der Waals surface area (Å²) in [6.45, 7) is 2.64. The smallest absolute Gasteiger partial charge is 0.130 e. The first kappa shape index (κ1) is 9.40. The molecule has 0 radical (unpaired) electrons. The Morgan fingerprint density at radius 2 is 2.29 bits per heavy atom. The summed E-state index contributed by atoms with van der Waals surface area (Å²) in [4.78, 5) is 8.23. The number of hydrogen-bond donors (Lipinski definition) is 2. The highest BCUT2D eigenvalue weighted by molar-refractivity contribution is 5.39. The molecule has 3 N–H and O–H groups in total. The molecule has 0 bridgehead atoms. The van der Waals surface area contributed by atoms with Crippen LogP contribution in [0.1, 0.15) is 25.0 Å². The van der Waals surface area contributed by atoms with Crippen LogP contribution in [0.5, 0.6) is 0 Å². The fourth-order valence-electron chi connectivity index (χ4n) is 1.78. The highest BCUT2D eigenvalue weighted by Gasteiger charge is 2.35. The molecule has 1 aromatic heterocycles. The lowest BCUT2D eigenvalue weighted by Gasteiger charge is -2.42. The second-order valence-corrected chi connectivity index (χ2v) is 4.01. The minimum absolute atomic E-state index is 0.0980. The predicted molar refractivity (Wildman–Crippen MR) is 56.0 cm³/mol. The summed E-state index contributed by atoms with van der Waals surface area (Å²) in [5.74, 6) is 0.891. The number of aryl methyl sites for hydroxylation is 1. The van der Waals surface area contributed by atoms with Gasteiger partial charge in [-0.2, -0.15) is 0 Å². The summed E-state index contributed by atoms with van der Waals surface area (Å²) in [5.41, 5.74) is 6.83. The van der Waals surface area contributed by atoms with E-state index in [9.17, 15) is 0 Å². The minimum atomic E-state index is 0.0980. The molecular weight excluding hydrogens is 176 g/mol. The van der Waals surface area contributed by atoms with Gasteiger partial charge in [0.25, 0.3) is 0 Å². The zero-order chi connectivity index (χ0) is 10.0. The number of hydrogen-bond acceptors (Lipinski definition) is 4. The van der Waals surface area contributed by atoms with E-state index >= 15 is 0 Å². The SMILES string of the molecule is Cc1cc(NC2(CN)CCC2)ncn1. The molecule has 1 aliphatic rings. The van der Waals surface area contributed by atoms with Crippen LogP contribution in [0, 0.1) is 6.92 Å². The van der Waals surface area contributed by atoms with Gasteiger partial charge in [-0.3, -0.25) is 0 Å². The summed E-state index contributed by atoms with van der Waals surface area (Å²) in [6.07, 6.45) is 5.13. The van der Waals surface area contributed by atoms with E-state index in [1.165, 1.54) is 6.42 Å². The van der Waals surface area contributed by atoms with Crippen molar-refractivity contribution in [2.45, 2.75) is 31.7 Å². The summed E-state index contributed by atoms with van der Waals surface area (Å²) >= 11 is 0. The summed E-state index contributed by atoms with van der Waals surface area (Å²) in [5, 5.41) is 3.41.